The molecule has 32 heavy (non-hydrogen) atoms. The first-order valence-electron chi connectivity index (χ1n) is 9.48. The number of aliphatic hydroxyl groups is 2. The molecular weight excluding hydrogens is 442 g/mol. The van der Waals surface area contributed by atoms with Crippen molar-refractivity contribution >= 4 is 29.2 Å². The summed E-state index contributed by atoms with van der Waals surface area (Å²) in [7, 11) is 1.69. The summed E-state index contributed by atoms with van der Waals surface area (Å²) in [6.45, 7) is 2.47. The summed E-state index contributed by atoms with van der Waals surface area (Å²) >= 11 is 1.74. The second-order valence-corrected chi connectivity index (χ2v) is 7.84. The third-order valence-corrected chi connectivity index (χ3v) is 5.11. The molecule has 2 rings (SSSR count). The van der Waals surface area contributed by atoms with E-state index in [1.165, 1.54) is 4.88 Å². The molecule has 11 heteroatoms. The second-order valence-electron chi connectivity index (χ2n) is 6.80. The third-order valence-electron chi connectivity index (χ3n) is 4.25. The maximum absolute atomic E-state index is 10.3. The predicted molar refractivity (Wildman–Crippen MR) is 116 cm³/mol. The summed E-state index contributed by atoms with van der Waals surface area (Å²) in [5.74, 6) is -4.12. The lowest BCUT2D eigenvalue weighted by Crippen LogP contribution is -2.42. The molecule has 2 aromatic rings. The molecule has 0 spiro atoms. The molecule has 0 radical (unpaired) electrons. The van der Waals surface area contributed by atoms with E-state index in [4.69, 9.17) is 25.2 Å². The Balaban J connectivity index is 0.000000347. The van der Waals surface area contributed by atoms with E-state index in [0.717, 1.165) is 24.4 Å². The lowest BCUT2D eigenvalue weighted by molar-refractivity contribution is -0.170. The van der Waals surface area contributed by atoms with Crippen molar-refractivity contribution in [1.29, 1.82) is 0 Å². The van der Waals surface area contributed by atoms with E-state index in [1.54, 1.807) is 18.4 Å². The van der Waals surface area contributed by atoms with Gasteiger partial charge in [0.05, 0.1) is 26.6 Å². The number of benzene rings is 1. The van der Waals surface area contributed by atoms with Crippen LogP contribution in [0.4, 0.5) is 0 Å². The summed E-state index contributed by atoms with van der Waals surface area (Å²) in [5.41, 5.74) is -1.59. The first kappa shape index (κ1) is 27.0. The zero-order valence-electron chi connectivity index (χ0n) is 17.5. The van der Waals surface area contributed by atoms with Crippen molar-refractivity contribution in [2.75, 3.05) is 20.3 Å². The van der Waals surface area contributed by atoms with Gasteiger partial charge in [-0.3, -0.25) is 14.5 Å². The molecule has 0 saturated heterocycles. The van der Waals surface area contributed by atoms with Crippen LogP contribution >= 0.6 is 11.3 Å². The third kappa shape index (κ3) is 9.43. The number of carboxylic acids is 3. The average molecular weight is 470 g/mol. The van der Waals surface area contributed by atoms with Crippen LogP contribution in [0.1, 0.15) is 23.3 Å². The Morgan fingerprint density at radius 2 is 1.62 bits per heavy atom. The summed E-state index contributed by atoms with van der Waals surface area (Å²) < 4.78 is 5.37. The molecule has 5 N–H and O–H groups in total. The van der Waals surface area contributed by atoms with Crippen LogP contribution in [0.3, 0.4) is 0 Å². The van der Waals surface area contributed by atoms with Crippen molar-refractivity contribution < 1.29 is 44.7 Å². The number of para-hydroxylation sites is 1. The molecule has 0 unspecified atom stereocenters. The standard InChI is InChI=1S/C15H19NO2S.C6H8O7/c1-18-15-7-3-2-5-13(15)11-16(8-9-17)12-14-6-4-10-19-14;7-3(8)1-6(13,5(11)12)2-4(9)10/h2-7,10,17H,8-9,11-12H2,1H3;13H,1-2H2,(H,7,8)(H,9,10)(H,11,12). The van der Waals surface area contributed by atoms with Gasteiger partial charge in [-0.1, -0.05) is 24.3 Å². The SMILES string of the molecule is COc1ccccc1CN(CCO)Cc1cccs1.O=C(O)CC(O)(CC(=O)O)C(=O)O. The van der Waals surface area contributed by atoms with Gasteiger partial charge in [0, 0.05) is 30.1 Å². The Morgan fingerprint density at radius 3 is 2.09 bits per heavy atom. The minimum absolute atomic E-state index is 0.167. The van der Waals surface area contributed by atoms with Crippen LogP contribution in [0.25, 0.3) is 0 Å². The van der Waals surface area contributed by atoms with Gasteiger partial charge in [-0.25, -0.2) is 4.79 Å². The number of hydrogen-bond donors (Lipinski definition) is 5. The molecule has 0 fully saturated rings. The zero-order valence-corrected chi connectivity index (χ0v) is 18.3. The first-order chi connectivity index (χ1) is 15.1. The van der Waals surface area contributed by atoms with Crippen molar-refractivity contribution in [3.63, 3.8) is 0 Å². The molecule has 1 heterocycles. The number of methoxy groups -OCH3 is 1. The van der Waals surface area contributed by atoms with Gasteiger partial charge in [-0.05, 0) is 17.5 Å². The lowest BCUT2D eigenvalue weighted by atomic mass is 9.96. The number of aliphatic hydroxyl groups excluding tert-OH is 1. The van der Waals surface area contributed by atoms with Gasteiger partial charge in [-0.2, -0.15) is 0 Å². The van der Waals surface area contributed by atoms with Gasteiger partial charge in [0.2, 0.25) is 0 Å². The van der Waals surface area contributed by atoms with E-state index < -0.39 is 36.4 Å². The molecule has 0 aliphatic carbocycles. The maximum atomic E-state index is 10.3. The van der Waals surface area contributed by atoms with Gasteiger partial charge in [0.1, 0.15) is 5.75 Å². The topological polar surface area (TPSA) is 165 Å². The number of ether oxygens (including phenoxy) is 1. The van der Waals surface area contributed by atoms with Crippen LogP contribution in [0.15, 0.2) is 41.8 Å². The molecule has 0 aliphatic rings. The summed E-state index contributed by atoms with van der Waals surface area (Å²) in [6, 6.07) is 12.2. The Hall–Kier alpha value is -2.99. The van der Waals surface area contributed by atoms with Gasteiger partial charge < -0.3 is 30.3 Å². The van der Waals surface area contributed by atoms with E-state index in [1.807, 2.05) is 18.2 Å². The molecule has 0 amide bonds. The number of aliphatic carboxylic acids is 3. The highest BCUT2D eigenvalue weighted by atomic mass is 32.1. The normalized spacial score (nSPS) is 10.9. The molecule has 1 aromatic carbocycles. The highest BCUT2D eigenvalue weighted by Gasteiger charge is 2.40. The van der Waals surface area contributed by atoms with Crippen molar-refractivity contribution in [1.82, 2.24) is 4.90 Å². The Kier molecular flexibility index (Phi) is 11.3. The number of nitrogens with zero attached hydrogens (tertiary/aromatic N) is 1. The minimum atomic E-state index is -2.74. The molecule has 176 valence electrons. The summed E-state index contributed by atoms with van der Waals surface area (Å²) in [5, 5.41) is 45.1. The maximum Gasteiger partial charge on any atom is 0.336 e. The average Bonchev–Trinajstić information content (AvgIpc) is 3.21. The second kappa shape index (κ2) is 13.4. The number of carboxylic acid groups (broad SMARTS) is 3. The molecule has 0 saturated carbocycles. The molecule has 1 aromatic heterocycles. The van der Waals surface area contributed by atoms with Crippen molar-refractivity contribution in [2.45, 2.75) is 31.5 Å². The van der Waals surface area contributed by atoms with Crippen LogP contribution in [0.2, 0.25) is 0 Å². The Labute approximate surface area is 188 Å². The molecule has 0 aliphatic heterocycles. The highest BCUT2D eigenvalue weighted by molar-refractivity contribution is 7.09. The first-order valence-corrected chi connectivity index (χ1v) is 10.4. The van der Waals surface area contributed by atoms with E-state index >= 15 is 0 Å². The molecule has 0 atom stereocenters. The van der Waals surface area contributed by atoms with E-state index in [-0.39, 0.29) is 6.61 Å². The number of carbonyl (C=O) groups is 3. The van der Waals surface area contributed by atoms with E-state index in [9.17, 15) is 19.5 Å². The van der Waals surface area contributed by atoms with Crippen molar-refractivity contribution in [2.24, 2.45) is 0 Å². The fourth-order valence-corrected chi connectivity index (χ4v) is 3.51. The van der Waals surface area contributed by atoms with Crippen LogP contribution in [-0.2, 0) is 27.5 Å². The minimum Gasteiger partial charge on any atom is -0.496 e. The monoisotopic (exact) mass is 469 g/mol. The summed E-state index contributed by atoms with van der Waals surface area (Å²) in [6.07, 6.45) is -2.29. The van der Waals surface area contributed by atoms with Crippen molar-refractivity contribution in [3.8, 4) is 5.75 Å². The van der Waals surface area contributed by atoms with E-state index in [0.29, 0.717) is 6.54 Å². The van der Waals surface area contributed by atoms with Gasteiger partial charge in [0.25, 0.3) is 0 Å². The highest BCUT2D eigenvalue weighted by Crippen LogP contribution is 2.21. The molecular formula is C21H27NO9S. The van der Waals surface area contributed by atoms with Crippen LogP contribution < -0.4 is 4.74 Å². The van der Waals surface area contributed by atoms with E-state index in [2.05, 4.69) is 28.5 Å². The summed E-state index contributed by atoms with van der Waals surface area (Å²) in [4.78, 5) is 34.0. The van der Waals surface area contributed by atoms with Crippen LogP contribution in [-0.4, -0.2) is 74.2 Å². The zero-order chi connectivity index (χ0) is 24.1. The Bertz CT molecular complexity index is 854. The fraction of sp³-hybridized carbons (Fsp3) is 0.381. The Morgan fingerprint density at radius 1 is 1.00 bits per heavy atom. The number of rotatable bonds is 12. The van der Waals surface area contributed by atoms with Gasteiger partial charge in [-0.15, -0.1) is 11.3 Å². The smallest absolute Gasteiger partial charge is 0.336 e. The predicted octanol–water partition coefficient (Wildman–Crippen LogP) is 1.50. The van der Waals surface area contributed by atoms with Gasteiger partial charge in [0.15, 0.2) is 5.60 Å². The molecule has 0 bridgehead atoms. The fourth-order valence-electron chi connectivity index (χ4n) is 2.77. The molecule has 10 nitrogen and oxygen atoms in total. The van der Waals surface area contributed by atoms with Crippen LogP contribution in [0.5, 0.6) is 5.75 Å². The number of thiophene rings is 1. The lowest BCUT2D eigenvalue weighted by Gasteiger charge is -2.21. The largest absolute Gasteiger partial charge is 0.496 e. The van der Waals surface area contributed by atoms with Crippen molar-refractivity contribution in [3.05, 3.63) is 52.2 Å². The number of hydrogen-bond acceptors (Lipinski definition) is 8. The van der Waals surface area contributed by atoms with Crippen LogP contribution in [0, 0.1) is 0 Å². The quantitative estimate of drug-likeness (QED) is 0.308. The van der Waals surface area contributed by atoms with Gasteiger partial charge >= 0.3 is 17.9 Å².